The molecule has 2 aromatic heterocycles. The van der Waals surface area contributed by atoms with Crippen LogP contribution in [0.4, 0.5) is 5.95 Å². The van der Waals surface area contributed by atoms with Crippen LogP contribution < -0.4 is 5.32 Å². The molecule has 1 N–H and O–H groups in total. The molecule has 0 unspecified atom stereocenters. The Kier molecular flexibility index (Phi) is 4.42. The zero-order chi connectivity index (χ0) is 13.1. The Morgan fingerprint density at radius 2 is 2.17 bits per heavy atom. The molecule has 0 atom stereocenters. The number of aryl methyl sites for hydroxylation is 1. The minimum absolute atomic E-state index is 0.705. The highest BCUT2D eigenvalue weighted by molar-refractivity contribution is 7.99. The molecule has 0 fully saturated rings. The summed E-state index contributed by atoms with van der Waals surface area (Å²) >= 11 is 3.52. The molecule has 0 aliphatic heterocycles. The Morgan fingerprint density at radius 3 is 2.83 bits per heavy atom. The first kappa shape index (κ1) is 13.6. The van der Waals surface area contributed by atoms with Crippen LogP contribution in [0.15, 0.2) is 11.1 Å². The quantitative estimate of drug-likeness (QED) is 0.674. The van der Waals surface area contributed by atoms with Crippen molar-refractivity contribution in [2.75, 3.05) is 38.8 Å². The van der Waals surface area contributed by atoms with Crippen LogP contribution >= 0.6 is 23.1 Å². The van der Waals surface area contributed by atoms with Crippen LogP contribution in [-0.4, -0.2) is 48.3 Å². The maximum atomic E-state index is 4.56. The normalized spacial score (nSPS) is 11.4. The molecular weight excluding hydrogens is 264 g/mol. The van der Waals surface area contributed by atoms with E-state index in [1.165, 1.54) is 10.3 Å². The van der Waals surface area contributed by atoms with Gasteiger partial charge in [-0.1, -0.05) is 0 Å². The number of rotatable bonds is 5. The highest BCUT2D eigenvalue weighted by Gasteiger charge is 2.10. The van der Waals surface area contributed by atoms with Crippen molar-refractivity contribution in [2.24, 2.45) is 0 Å². The Bertz CT molecular complexity index is 536. The molecule has 18 heavy (non-hydrogen) atoms. The van der Waals surface area contributed by atoms with E-state index >= 15 is 0 Å². The lowest BCUT2D eigenvalue weighted by molar-refractivity contribution is 0.437. The van der Waals surface area contributed by atoms with Gasteiger partial charge in [0.25, 0.3) is 0 Å². The third kappa shape index (κ3) is 3.13. The molecule has 0 saturated carbocycles. The smallest absolute Gasteiger partial charge is 0.224 e. The van der Waals surface area contributed by atoms with Gasteiger partial charge >= 0.3 is 0 Å². The van der Waals surface area contributed by atoms with Crippen LogP contribution in [-0.2, 0) is 0 Å². The molecule has 0 radical (unpaired) electrons. The molecular formula is C12H18N4S2. The third-order valence-electron chi connectivity index (χ3n) is 2.48. The number of hydrogen-bond donors (Lipinski definition) is 1. The maximum Gasteiger partial charge on any atom is 0.224 e. The van der Waals surface area contributed by atoms with Gasteiger partial charge in [-0.2, -0.15) is 0 Å². The second-order valence-corrected chi connectivity index (χ2v) is 6.65. The number of anilines is 1. The Morgan fingerprint density at radius 1 is 1.39 bits per heavy atom. The van der Waals surface area contributed by atoms with E-state index in [4.69, 9.17) is 0 Å². The molecule has 2 heterocycles. The molecule has 0 aliphatic rings. The molecule has 0 aliphatic carbocycles. The van der Waals surface area contributed by atoms with Crippen LogP contribution in [0.1, 0.15) is 4.88 Å². The number of fused-ring (bicyclic) bond motifs is 1. The summed E-state index contributed by atoms with van der Waals surface area (Å²) in [6.07, 6.45) is 0. The molecule has 2 aromatic rings. The largest absolute Gasteiger partial charge is 0.357 e. The van der Waals surface area contributed by atoms with Crippen LogP contribution in [0.3, 0.4) is 0 Å². The Hall–Kier alpha value is -0.850. The van der Waals surface area contributed by atoms with Crippen molar-refractivity contribution in [3.63, 3.8) is 0 Å². The van der Waals surface area contributed by atoms with Gasteiger partial charge < -0.3 is 10.2 Å². The number of aromatic nitrogens is 2. The molecule has 0 amide bonds. The van der Waals surface area contributed by atoms with Gasteiger partial charge in [0.15, 0.2) is 0 Å². The average Bonchev–Trinajstić information content (AvgIpc) is 2.68. The number of nitrogens with zero attached hydrogens (tertiary/aromatic N) is 3. The summed E-state index contributed by atoms with van der Waals surface area (Å²) in [6.45, 7) is 3.16. The summed E-state index contributed by atoms with van der Waals surface area (Å²) in [5.74, 6) is 1.74. The predicted octanol–water partition coefficient (Wildman–Crippen LogP) is 2.70. The molecule has 4 nitrogen and oxygen atoms in total. The minimum Gasteiger partial charge on any atom is -0.357 e. The van der Waals surface area contributed by atoms with Gasteiger partial charge in [0.05, 0.1) is 0 Å². The highest BCUT2D eigenvalue weighted by Crippen LogP contribution is 2.31. The van der Waals surface area contributed by atoms with E-state index in [-0.39, 0.29) is 0 Å². The van der Waals surface area contributed by atoms with E-state index in [0.29, 0.717) is 5.95 Å². The molecule has 98 valence electrons. The molecule has 0 spiro atoms. The highest BCUT2D eigenvalue weighted by atomic mass is 32.2. The van der Waals surface area contributed by atoms with E-state index < -0.39 is 0 Å². The number of nitrogens with one attached hydrogen (secondary N) is 1. The van der Waals surface area contributed by atoms with Crippen molar-refractivity contribution >= 4 is 39.3 Å². The van der Waals surface area contributed by atoms with Crippen molar-refractivity contribution in [3.8, 4) is 0 Å². The second-order valence-electron chi connectivity index (χ2n) is 4.33. The summed E-state index contributed by atoms with van der Waals surface area (Å²) in [7, 11) is 6.03. The van der Waals surface area contributed by atoms with Gasteiger partial charge in [0.1, 0.15) is 9.86 Å². The molecule has 6 heteroatoms. The zero-order valence-electron chi connectivity index (χ0n) is 11.1. The average molecular weight is 282 g/mol. The van der Waals surface area contributed by atoms with Gasteiger partial charge in [-0.3, -0.25) is 0 Å². The van der Waals surface area contributed by atoms with Crippen LogP contribution in [0.2, 0.25) is 0 Å². The summed E-state index contributed by atoms with van der Waals surface area (Å²) in [4.78, 5) is 13.6. The summed E-state index contributed by atoms with van der Waals surface area (Å²) in [5, 5.41) is 5.29. The van der Waals surface area contributed by atoms with Crippen molar-refractivity contribution < 1.29 is 0 Å². The number of thiophene rings is 1. The lowest BCUT2D eigenvalue weighted by Crippen LogP contribution is -2.14. The SMILES string of the molecule is CNc1nc(SCCN(C)C)c2cc(C)sc2n1. The first-order valence-electron chi connectivity index (χ1n) is 5.83. The minimum atomic E-state index is 0.705. The first-order chi connectivity index (χ1) is 8.60. The lowest BCUT2D eigenvalue weighted by atomic mass is 10.4. The van der Waals surface area contributed by atoms with Crippen LogP contribution in [0.5, 0.6) is 0 Å². The van der Waals surface area contributed by atoms with E-state index in [1.807, 2.05) is 7.05 Å². The number of hydrogen-bond acceptors (Lipinski definition) is 6. The summed E-state index contributed by atoms with van der Waals surface area (Å²) in [5.41, 5.74) is 0. The molecule has 0 aromatic carbocycles. The van der Waals surface area contributed by atoms with E-state index in [1.54, 1.807) is 23.1 Å². The summed E-state index contributed by atoms with van der Waals surface area (Å²) < 4.78 is 0. The van der Waals surface area contributed by atoms with Crippen molar-refractivity contribution in [1.29, 1.82) is 0 Å². The second kappa shape index (κ2) is 5.86. The summed E-state index contributed by atoms with van der Waals surface area (Å²) in [6, 6.07) is 2.18. The molecule has 0 bridgehead atoms. The van der Waals surface area contributed by atoms with E-state index in [0.717, 1.165) is 22.2 Å². The topological polar surface area (TPSA) is 41.1 Å². The fourth-order valence-corrected chi connectivity index (χ4v) is 3.62. The van der Waals surface area contributed by atoms with Crippen molar-refractivity contribution in [2.45, 2.75) is 11.9 Å². The Labute approximate surface area is 116 Å². The van der Waals surface area contributed by atoms with Gasteiger partial charge in [-0.25, -0.2) is 9.97 Å². The van der Waals surface area contributed by atoms with E-state index in [2.05, 4.69) is 47.3 Å². The predicted molar refractivity (Wildman–Crippen MR) is 81.0 cm³/mol. The maximum absolute atomic E-state index is 4.56. The van der Waals surface area contributed by atoms with Gasteiger partial charge in [0, 0.05) is 29.6 Å². The van der Waals surface area contributed by atoms with Crippen LogP contribution in [0.25, 0.3) is 10.2 Å². The third-order valence-corrected chi connectivity index (χ3v) is 4.40. The fraction of sp³-hybridized carbons (Fsp3) is 0.500. The van der Waals surface area contributed by atoms with E-state index in [9.17, 15) is 0 Å². The first-order valence-corrected chi connectivity index (χ1v) is 7.64. The molecule has 0 saturated heterocycles. The van der Waals surface area contributed by atoms with Crippen LogP contribution in [0, 0.1) is 6.92 Å². The monoisotopic (exact) mass is 282 g/mol. The fourth-order valence-electron chi connectivity index (χ4n) is 1.56. The zero-order valence-corrected chi connectivity index (χ0v) is 12.8. The van der Waals surface area contributed by atoms with Crippen molar-refractivity contribution in [1.82, 2.24) is 14.9 Å². The standard InChI is InChI=1S/C12H18N4S2/c1-8-7-9-10(17-6-5-16(3)4)14-12(13-2)15-11(9)18-8/h7H,5-6H2,1-4H3,(H,13,14,15). The van der Waals surface area contributed by atoms with Gasteiger partial charge in [-0.05, 0) is 27.1 Å². The Balaban J connectivity index is 2.28. The number of thioether (sulfide) groups is 1. The van der Waals surface area contributed by atoms with Crippen molar-refractivity contribution in [3.05, 3.63) is 10.9 Å². The molecule has 2 rings (SSSR count). The van der Waals surface area contributed by atoms with Gasteiger partial charge in [0.2, 0.25) is 5.95 Å². The van der Waals surface area contributed by atoms with Gasteiger partial charge in [-0.15, -0.1) is 23.1 Å². The lowest BCUT2D eigenvalue weighted by Gasteiger charge is -2.09.